The van der Waals surface area contributed by atoms with Crippen LogP contribution in [-0.2, 0) is 6.54 Å². The largest absolute Gasteiger partial charge is 0.472 e. The Balaban J connectivity index is 1.82. The molecule has 1 N–H and O–H groups in total. The number of pyridine rings is 1. The lowest BCUT2D eigenvalue weighted by Gasteiger charge is -2.08. The molecular formula is C14H12N4O. The predicted molar refractivity (Wildman–Crippen MR) is 71.3 cm³/mol. The molecule has 0 radical (unpaired) electrons. The number of nitrogens with zero attached hydrogens (tertiary/aromatic N) is 3. The zero-order valence-corrected chi connectivity index (χ0v) is 10.2. The minimum atomic E-state index is 0.650. The molecule has 0 atom stereocenters. The highest BCUT2D eigenvalue weighted by Crippen LogP contribution is 2.23. The van der Waals surface area contributed by atoms with E-state index in [1.807, 2.05) is 24.4 Å². The van der Waals surface area contributed by atoms with Gasteiger partial charge >= 0.3 is 0 Å². The zero-order chi connectivity index (χ0) is 12.9. The third-order valence-electron chi connectivity index (χ3n) is 2.68. The molecule has 0 spiro atoms. The van der Waals surface area contributed by atoms with Crippen LogP contribution in [0, 0.1) is 0 Å². The Morgan fingerprint density at radius 2 is 2.05 bits per heavy atom. The van der Waals surface area contributed by atoms with Gasteiger partial charge in [0.2, 0.25) is 0 Å². The fraction of sp³-hybridized carbons (Fsp3) is 0.0714. The van der Waals surface area contributed by atoms with Crippen LogP contribution < -0.4 is 5.32 Å². The molecule has 0 fully saturated rings. The van der Waals surface area contributed by atoms with Crippen molar-refractivity contribution in [3.8, 4) is 11.3 Å². The lowest BCUT2D eigenvalue weighted by molar-refractivity contribution is 0.568. The summed E-state index contributed by atoms with van der Waals surface area (Å²) < 4.78 is 5.08. The van der Waals surface area contributed by atoms with Gasteiger partial charge in [-0.05, 0) is 17.7 Å². The molecule has 0 unspecified atom stereocenters. The van der Waals surface area contributed by atoms with Crippen LogP contribution >= 0.6 is 0 Å². The summed E-state index contributed by atoms with van der Waals surface area (Å²) in [4.78, 5) is 12.7. The van der Waals surface area contributed by atoms with Gasteiger partial charge < -0.3 is 9.73 Å². The summed E-state index contributed by atoms with van der Waals surface area (Å²) >= 11 is 0. The van der Waals surface area contributed by atoms with Crippen molar-refractivity contribution in [2.75, 3.05) is 5.32 Å². The van der Waals surface area contributed by atoms with Gasteiger partial charge in [0, 0.05) is 36.9 Å². The van der Waals surface area contributed by atoms with E-state index in [-0.39, 0.29) is 0 Å². The summed E-state index contributed by atoms with van der Waals surface area (Å²) in [7, 11) is 0. The first-order chi connectivity index (χ1) is 9.43. The molecule has 94 valence electrons. The predicted octanol–water partition coefficient (Wildman–Crippen LogP) is 2.74. The van der Waals surface area contributed by atoms with Gasteiger partial charge in [-0.25, -0.2) is 4.98 Å². The molecule has 0 aliphatic heterocycles. The highest BCUT2D eigenvalue weighted by molar-refractivity contribution is 5.70. The number of hydrogen-bond acceptors (Lipinski definition) is 5. The smallest absolute Gasteiger partial charge is 0.152 e. The van der Waals surface area contributed by atoms with E-state index in [4.69, 9.17) is 4.42 Å². The van der Waals surface area contributed by atoms with Crippen molar-refractivity contribution in [2.24, 2.45) is 0 Å². The van der Waals surface area contributed by atoms with Gasteiger partial charge in [-0.15, -0.1) is 0 Å². The first kappa shape index (κ1) is 11.4. The van der Waals surface area contributed by atoms with Crippen LogP contribution in [0.5, 0.6) is 0 Å². The summed E-state index contributed by atoms with van der Waals surface area (Å²) in [6.45, 7) is 0.650. The second kappa shape index (κ2) is 5.30. The van der Waals surface area contributed by atoms with E-state index >= 15 is 0 Å². The molecule has 3 heterocycles. The van der Waals surface area contributed by atoms with E-state index < -0.39 is 0 Å². The quantitative estimate of drug-likeness (QED) is 0.773. The number of hydrogen-bond donors (Lipinski definition) is 1. The molecular weight excluding hydrogens is 240 g/mol. The van der Waals surface area contributed by atoms with Gasteiger partial charge in [-0.1, -0.05) is 6.07 Å². The van der Waals surface area contributed by atoms with Crippen LogP contribution in [0.3, 0.4) is 0 Å². The molecule has 3 aromatic rings. The van der Waals surface area contributed by atoms with Gasteiger partial charge in [0.15, 0.2) is 5.82 Å². The molecule has 3 rings (SSSR count). The number of furan rings is 1. The fourth-order valence-corrected chi connectivity index (χ4v) is 1.77. The lowest BCUT2D eigenvalue weighted by Crippen LogP contribution is -2.04. The summed E-state index contributed by atoms with van der Waals surface area (Å²) in [6, 6.07) is 5.78. The summed E-state index contributed by atoms with van der Waals surface area (Å²) in [5.74, 6) is 0.729. The van der Waals surface area contributed by atoms with Crippen LogP contribution in [0.4, 0.5) is 5.82 Å². The van der Waals surface area contributed by atoms with Crippen LogP contribution in [-0.4, -0.2) is 15.0 Å². The molecule has 5 nitrogen and oxygen atoms in total. The average Bonchev–Trinajstić information content (AvgIpc) is 3.01. The molecule has 0 saturated heterocycles. The van der Waals surface area contributed by atoms with E-state index in [0.717, 1.165) is 22.6 Å². The molecule has 0 aliphatic rings. The Bertz CT molecular complexity index is 638. The third-order valence-corrected chi connectivity index (χ3v) is 2.68. The number of aromatic nitrogens is 3. The highest BCUT2D eigenvalue weighted by atomic mass is 16.3. The second-order valence-corrected chi connectivity index (χ2v) is 3.98. The van der Waals surface area contributed by atoms with E-state index in [2.05, 4.69) is 20.3 Å². The molecule has 0 amide bonds. The molecule has 0 aliphatic carbocycles. The van der Waals surface area contributed by atoms with Crippen molar-refractivity contribution < 1.29 is 4.42 Å². The van der Waals surface area contributed by atoms with Crippen molar-refractivity contribution in [1.29, 1.82) is 0 Å². The van der Waals surface area contributed by atoms with Gasteiger partial charge in [-0.2, -0.15) is 0 Å². The standard InChI is InChI=1S/C14H12N4O/c1-2-11(8-15-4-1)9-18-14-13(16-5-6-17-14)12-3-7-19-10-12/h1-8,10H,9H2,(H,17,18). The van der Waals surface area contributed by atoms with Crippen molar-refractivity contribution in [2.45, 2.75) is 6.54 Å². The summed E-state index contributed by atoms with van der Waals surface area (Å²) in [5, 5.41) is 3.26. The van der Waals surface area contributed by atoms with E-state index in [9.17, 15) is 0 Å². The normalized spacial score (nSPS) is 10.3. The minimum absolute atomic E-state index is 0.650. The highest BCUT2D eigenvalue weighted by Gasteiger charge is 2.08. The van der Waals surface area contributed by atoms with E-state index in [0.29, 0.717) is 6.54 Å². The van der Waals surface area contributed by atoms with Gasteiger partial charge in [0.1, 0.15) is 5.69 Å². The summed E-state index contributed by atoms with van der Waals surface area (Å²) in [6.07, 6.45) is 10.2. The molecule has 0 saturated carbocycles. The second-order valence-electron chi connectivity index (χ2n) is 3.98. The van der Waals surface area contributed by atoms with Gasteiger partial charge in [-0.3, -0.25) is 9.97 Å². The third kappa shape index (κ3) is 2.60. The van der Waals surface area contributed by atoms with Crippen molar-refractivity contribution >= 4 is 5.82 Å². The molecule has 0 aromatic carbocycles. The molecule has 5 heteroatoms. The van der Waals surface area contributed by atoms with Crippen LogP contribution in [0.25, 0.3) is 11.3 Å². The Morgan fingerprint density at radius 1 is 1.11 bits per heavy atom. The first-order valence-corrected chi connectivity index (χ1v) is 5.90. The lowest BCUT2D eigenvalue weighted by atomic mass is 10.2. The van der Waals surface area contributed by atoms with Gasteiger partial charge in [0.05, 0.1) is 12.5 Å². The zero-order valence-electron chi connectivity index (χ0n) is 10.2. The van der Waals surface area contributed by atoms with Crippen LogP contribution in [0.2, 0.25) is 0 Å². The van der Waals surface area contributed by atoms with E-state index in [1.165, 1.54) is 0 Å². The topological polar surface area (TPSA) is 63.8 Å². The van der Waals surface area contributed by atoms with Crippen molar-refractivity contribution in [1.82, 2.24) is 15.0 Å². The average molecular weight is 252 g/mol. The maximum absolute atomic E-state index is 5.08. The summed E-state index contributed by atoms with van der Waals surface area (Å²) in [5.41, 5.74) is 2.77. The SMILES string of the molecule is c1cncc(CNc2nccnc2-c2ccoc2)c1. The number of rotatable bonds is 4. The molecule has 0 bridgehead atoms. The monoisotopic (exact) mass is 252 g/mol. The van der Waals surface area contributed by atoms with Crippen molar-refractivity contribution in [3.63, 3.8) is 0 Å². The Kier molecular flexibility index (Phi) is 3.18. The minimum Gasteiger partial charge on any atom is -0.472 e. The first-order valence-electron chi connectivity index (χ1n) is 5.90. The maximum Gasteiger partial charge on any atom is 0.152 e. The van der Waals surface area contributed by atoms with Crippen molar-refractivity contribution in [3.05, 3.63) is 61.1 Å². The number of nitrogens with one attached hydrogen (secondary N) is 1. The van der Waals surface area contributed by atoms with Crippen LogP contribution in [0.1, 0.15) is 5.56 Å². The maximum atomic E-state index is 5.08. The fourth-order valence-electron chi connectivity index (χ4n) is 1.77. The Labute approximate surface area is 110 Å². The van der Waals surface area contributed by atoms with Crippen LogP contribution in [0.15, 0.2) is 59.9 Å². The molecule has 3 aromatic heterocycles. The Morgan fingerprint density at radius 3 is 2.84 bits per heavy atom. The Hall–Kier alpha value is -2.69. The molecule has 19 heavy (non-hydrogen) atoms. The number of anilines is 1. The van der Waals surface area contributed by atoms with Gasteiger partial charge in [0.25, 0.3) is 0 Å². The van der Waals surface area contributed by atoms with E-state index in [1.54, 1.807) is 31.1 Å².